The van der Waals surface area contributed by atoms with Crippen LogP contribution in [0.3, 0.4) is 0 Å². The summed E-state index contributed by atoms with van der Waals surface area (Å²) in [7, 11) is 0. The van der Waals surface area contributed by atoms with Crippen molar-refractivity contribution in [3.8, 4) is 11.5 Å². The number of anilines is 1. The van der Waals surface area contributed by atoms with E-state index in [1.807, 2.05) is 4.90 Å². The topological polar surface area (TPSA) is 50.8 Å². The van der Waals surface area contributed by atoms with Gasteiger partial charge in [-0.15, -0.1) is 13.2 Å². The van der Waals surface area contributed by atoms with Gasteiger partial charge in [0.1, 0.15) is 23.4 Å². The van der Waals surface area contributed by atoms with Crippen molar-refractivity contribution in [2.75, 3.05) is 24.2 Å². The van der Waals surface area contributed by atoms with Gasteiger partial charge in [0.2, 0.25) is 0 Å². The number of hydrogen-bond donors (Lipinski definition) is 1. The molecule has 5 nitrogen and oxygen atoms in total. The van der Waals surface area contributed by atoms with Gasteiger partial charge in [0.15, 0.2) is 0 Å². The van der Waals surface area contributed by atoms with Crippen LogP contribution < -0.4 is 19.1 Å². The third-order valence-electron chi connectivity index (χ3n) is 5.20. The van der Waals surface area contributed by atoms with Crippen molar-refractivity contribution in [3.63, 3.8) is 0 Å². The lowest BCUT2D eigenvalue weighted by atomic mass is 10.0. The van der Waals surface area contributed by atoms with Crippen molar-refractivity contribution >= 4 is 35.1 Å². The second kappa shape index (κ2) is 8.90. The Morgan fingerprint density at radius 2 is 1.91 bits per heavy atom. The number of benzene rings is 2. The third kappa shape index (κ3) is 5.17. The Morgan fingerprint density at radius 3 is 2.50 bits per heavy atom. The fourth-order valence-corrected chi connectivity index (χ4v) is 4.01. The van der Waals surface area contributed by atoms with Crippen LogP contribution in [0.15, 0.2) is 30.3 Å². The maximum Gasteiger partial charge on any atom is 0.573 e. The summed E-state index contributed by atoms with van der Waals surface area (Å²) >= 11 is 7.01. The van der Waals surface area contributed by atoms with Crippen molar-refractivity contribution in [1.82, 2.24) is 4.72 Å². The van der Waals surface area contributed by atoms with E-state index in [4.69, 9.17) is 16.3 Å². The van der Waals surface area contributed by atoms with E-state index in [0.29, 0.717) is 24.5 Å². The maximum absolute atomic E-state index is 14.5. The van der Waals surface area contributed by atoms with Crippen LogP contribution in [0.5, 0.6) is 11.5 Å². The first-order valence-corrected chi connectivity index (χ1v) is 11.4. The highest BCUT2D eigenvalue weighted by Crippen LogP contribution is 2.46. The summed E-state index contributed by atoms with van der Waals surface area (Å²) in [5.41, 5.74) is 1.43. The van der Waals surface area contributed by atoms with Crippen molar-refractivity contribution in [3.05, 3.63) is 52.3 Å². The molecule has 1 heterocycles. The van der Waals surface area contributed by atoms with Gasteiger partial charge in [0.25, 0.3) is 5.91 Å². The van der Waals surface area contributed by atoms with E-state index < -0.39 is 23.8 Å². The molecule has 11 heteroatoms. The van der Waals surface area contributed by atoms with Gasteiger partial charge in [-0.2, -0.15) is 0 Å². The number of halogens is 5. The summed E-state index contributed by atoms with van der Waals surface area (Å²) in [6.45, 7) is 0.909. The first-order valence-electron chi connectivity index (χ1n) is 9.78. The summed E-state index contributed by atoms with van der Waals surface area (Å²) in [5.74, 6) is -0.955. The average molecular weight is 491 g/mol. The molecule has 2 fully saturated rings. The Balaban J connectivity index is 1.42. The highest BCUT2D eigenvalue weighted by molar-refractivity contribution is 7.97. The Kier molecular flexibility index (Phi) is 6.35. The van der Waals surface area contributed by atoms with Crippen LogP contribution >= 0.6 is 23.5 Å². The van der Waals surface area contributed by atoms with Crippen molar-refractivity contribution in [2.24, 2.45) is 0 Å². The summed E-state index contributed by atoms with van der Waals surface area (Å²) in [6, 6.07) is 6.86. The number of amides is 1. The first kappa shape index (κ1) is 22.8. The van der Waals surface area contributed by atoms with Gasteiger partial charge in [-0.05, 0) is 48.6 Å². The zero-order valence-corrected chi connectivity index (χ0v) is 18.4. The lowest BCUT2D eigenvalue weighted by molar-refractivity contribution is -0.274. The number of carbonyl (C=O) groups is 1. The van der Waals surface area contributed by atoms with Crippen LogP contribution in [-0.2, 0) is 0 Å². The summed E-state index contributed by atoms with van der Waals surface area (Å²) in [4.78, 5) is 14.0. The van der Waals surface area contributed by atoms with Gasteiger partial charge in [-0.1, -0.05) is 23.5 Å². The molecule has 32 heavy (non-hydrogen) atoms. The van der Waals surface area contributed by atoms with Crippen LogP contribution in [0.25, 0.3) is 0 Å². The highest BCUT2D eigenvalue weighted by Gasteiger charge is 2.35. The minimum Gasteiger partial charge on any atom is -0.486 e. The van der Waals surface area contributed by atoms with Crippen LogP contribution in [0.2, 0.25) is 5.02 Å². The molecule has 0 unspecified atom stereocenters. The van der Waals surface area contributed by atoms with Gasteiger partial charge in [0, 0.05) is 18.0 Å². The molecule has 172 valence electrons. The van der Waals surface area contributed by atoms with E-state index in [9.17, 15) is 22.4 Å². The lowest BCUT2D eigenvalue weighted by Crippen LogP contribution is -2.54. The van der Waals surface area contributed by atoms with Crippen LogP contribution in [-0.4, -0.2) is 37.7 Å². The molecule has 1 aliphatic heterocycles. The molecule has 1 amide bonds. The van der Waals surface area contributed by atoms with Gasteiger partial charge >= 0.3 is 6.36 Å². The number of carbonyl (C=O) groups excluding carboxylic acids is 1. The molecule has 1 aliphatic carbocycles. The molecule has 1 saturated heterocycles. The van der Waals surface area contributed by atoms with E-state index in [1.165, 1.54) is 18.2 Å². The number of alkyl halides is 3. The second-order valence-corrected chi connectivity index (χ2v) is 8.61. The average Bonchev–Trinajstić information content (AvgIpc) is 3.50. The van der Waals surface area contributed by atoms with Crippen molar-refractivity contribution in [2.45, 2.75) is 31.2 Å². The fourth-order valence-electron chi connectivity index (χ4n) is 3.51. The number of rotatable bonds is 7. The van der Waals surface area contributed by atoms with Crippen LogP contribution in [0, 0.1) is 5.82 Å². The van der Waals surface area contributed by atoms with Gasteiger partial charge in [0.05, 0.1) is 23.7 Å². The molecule has 2 aromatic rings. The minimum atomic E-state index is -4.82. The number of nitrogens with zero attached hydrogens (tertiary/aromatic N) is 1. The van der Waals surface area contributed by atoms with E-state index in [0.717, 1.165) is 36.4 Å². The molecule has 0 aromatic heterocycles. The van der Waals surface area contributed by atoms with Crippen LogP contribution in [0.1, 0.15) is 34.7 Å². The molecule has 0 atom stereocenters. The quantitative estimate of drug-likeness (QED) is 0.408. The predicted octanol–water partition coefficient (Wildman–Crippen LogP) is 5.53. The standard InChI is InChI=1S/C21H19ClF4N2O3S/c1-32-27-20(29)15-7-14(11-2-3-11)19(8-17(15)23)30-13-9-28(10-13)12-4-5-18(16(22)6-12)31-21(24,25)26/h4-8,11,13H,2-3,9-10H2,1H3,(H,27,29). The van der Waals surface area contributed by atoms with Gasteiger partial charge in [-0.25, -0.2) is 4.39 Å². The van der Waals surface area contributed by atoms with E-state index >= 15 is 0 Å². The molecule has 0 radical (unpaired) electrons. The summed E-state index contributed by atoms with van der Waals surface area (Å²) in [5, 5.41) is -0.151. The zero-order chi connectivity index (χ0) is 23.0. The Hall–Kier alpha value is -2.33. The molecule has 2 aromatic carbocycles. The molecule has 0 bridgehead atoms. The lowest BCUT2D eigenvalue weighted by Gasteiger charge is -2.41. The minimum absolute atomic E-state index is 0.0142. The van der Waals surface area contributed by atoms with Crippen molar-refractivity contribution in [1.29, 1.82) is 0 Å². The molecule has 4 rings (SSSR count). The highest BCUT2D eigenvalue weighted by atomic mass is 35.5. The molecule has 0 spiro atoms. The largest absolute Gasteiger partial charge is 0.573 e. The Morgan fingerprint density at radius 1 is 1.19 bits per heavy atom. The fraction of sp³-hybridized carbons (Fsp3) is 0.381. The van der Waals surface area contributed by atoms with Gasteiger partial charge < -0.3 is 14.4 Å². The first-order chi connectivity index (χ1) is 15.1. The smallest absolute Gasteiger partial charge is 0.486 e. The Bertz CT molecular complexity index is 1030. The molecule has 1 N–H and O–H groups in total. The molecular formula is C21H19ClF4N2O3S. The third-order valence-corrected chi connectivity index (χ3v) is 5.89. The monoisotopic (exact) mass is 490 g/mol. The SMILES string of the molecule is CSNC(=O)c1cc(C2CC2)c(OC2CN(c3ccc(OC(F)(F)F)c(Cl)c3)C2)cc1F. The van der Waals surface area contributed by atoms with E-state index in [-0.39, 0.29) is 22.6 Å². The zero-order valence-electron chi connectivity index (χ0n) is 16.8. The van der Waals surface area contributed by atoms with Crippen molar-refractivity contribution < 1.29 is 31.8 Å². The number of ether oxygens (including phenoxy) is 2. The second-order valence-electron chi connectivity index (χ2n) is 7.59. The summed E-state index contributed by atoms with van der Waals surface area (Å²) in [6.07, 6.45) is -1.47. The number of nitrogens with one attached hydrogen (secondary N) is 1. The Labute approximate surface area is 191 Å². The van der Waals surface area contributed by atoms with Gasteiger partial charge in [-0.3, -0.25) is 9.52 Å². The van der Waals surface area contributed by atoms with E-state index in [2.05, 4.69) is 9.46 Å². The molecular weight excluding hydrogens is 472 g/mol. The molecule has 1 saturated carbocycles. The number of hydrogen-bond acceptors (Lipinski definition) is 5. The maximum atomic E-state index is 14.5. The molecule has 2 aliphatic rings. The normalized spacial score (nSPS) is 16.5. The van der Waals surface area contributed by atoms with E-state index in [1.54, 1.807) is 12.3 Å². The predicted molar refractivity (Wildman–Crippen MR) is 114 cm³/mol. The summed E-state index contributed by atoms with van der Waals surface area (Å²) < 4.78 is 64.1. The van der Waals surface area contributed by atoms with Crippen LogP contribution in [0.4, 0.5) is 23.2 Å².